The van der Waals surface area contributed by atoms with Crippen molar-refractivity contribution in [2.24, 2.45) is 0 Å². The Labute approximate surface area is 123 Å². The molecule has 1 aromatic heterocycles. The highest BCUT2D eigenvalue weighted by atomic mass is 35.5. The molecule has 0 bridgehead atoms. The van der Waals surface area contributed by atoms with Crippen LogP contribution in [0.4, 0.5) is 0 Å². The molecule has 1 atom stereocenters. The summed E-state index contributed by atoms with van der Waals surface area (Å²) in [7, 11) is 0. The average molecular weight is 289 g/mol. The first-order valence-electron chi connectivity index (χ1n) is 7.03. The lowest BCUT2D eigenvalue weighted by molar-refractivity contribution is -0.131. The number of nitrogens with zero attached hydrogens (tertiary/aromatic N) is 2. The van der Waals surface area contributed by atoms with Gasteiger partial charge in [-0.05, 0) is 43.0 Å². The molecule has 0 aliphatic carbocycles. The summed E-state index contributed by atoms with van der Waals surface area (Å²) >= 11 is 6.38. The molecule has 1 fully saturated rings. The van der Waals surface area contributed by atoms with Gasteiger partial charge < -0.3 is 4.90 Å². The Kier molecular flexibility index (Phi) is 3.88. The van der Waals surface area contributed by atoms with Gasteiger partial charge in [0.15, 0.2) is 0 Å². The Morgan fingerprint density at radius 1 is 1.20 bits per heavy atom. The first-order valence-corrected chi connectivity index (χ1v) is 7.47. The van der Waals surface area contributed by atoms with Crippen molar-refractivity contribution in [3.8, 4) is 0 Å². The highest BCUT2D eigenvalue weighted by Crippen LogP contribution is 2.27. The summed E-state index contributed by atoms with van der Waals surface area (Å²) in [5.74, 6) is 0.0228. The van der Waals surface area contributed by atoms with E-state index >= 15 is 0 Å². The van der Waals surface area contributed by atoms with E-state index in [0.29, 0.717) is 0 Å². The monoisotopic (exact) mass is 288 g/mol. The van der Waals surface area contributed by atoms with E-state index in [2.05, 4.69) is 4.98 Å². The van der Waals surface area contributed by atoms with Gasteiger partial charge in [0.25, 0.3) is 0 Å². The lowest BCUT2D eigenvalue weighted by Gasteiger charge is -2.28. The predicted molar refractivity (Wildman–Crippen MR) is 80.8 cm³/mol. The van der Waals surface area contributed by atoms with Crippen LogP contribution in [0.15, 0.2) is 36.5 Å². The van der Waals surface area contributed by atoms with Crippen molar-refractivity contribution in [3.05, 3.63) is 42.1 Å². The van der Waals surface area contributed by atoms with Crippen molar-refractivity contribution < 1.29 is 4.79 Å². The lowest BCUT2D eigenvalue weighted by atomic mass is 10.1. The average Bonchev–Trinajstić information content (AvgIpc) is 2.54. The second-order valence-electron chi connectivity index (χ2n) is 5.20. The van der Waals surface area contributed by atoms with E-state index in [1.54, 1.807) is 6.20 Å². The molecule has 1 unspecified atom stereocenters. The molecule has 0 N–H and O–H groups in total. The number of rotatable bonds is 2. The highest BCUT2D eigenvalue weighted by Gasteiger charge is 2.25. The highest BCUT2D eigenvalue weighted by molar-refractivity contribution is 6.30. The maximum Gasteiger partial charge on any atom is 0.245 e. The number of carbonyl (C=O) groups is 1. The SMILES string of the molecule is O=C(C(Cl)c1ccc2ncccc2c1)N1CCCCC1. The Hall–Kier alpha value is -1.61. The van der Waals surface area contributed by atoms with Crippen LogP contribution in [0.1, 0.15) is 30.2 Å². The minimum absolute atomic E-state index is 0.0228. The second kappa shape index (κ2) is 5.80. The third kappa shape index (κ3) is 2.63. The molecule has 20 heavy (non-hydrogen) atoms. The van der Waals surface area contributed by atoms with Crippen molar-refractivity contribution in [2.45, 2.75) is 24.6 Å². The van der Waals surface area contributed by atoms with E-state index in [9.17, 15) is 4.79 Å². The summed E-state index contributed by atoms with van der Waals surface area (Å²) in [5.41, 5.74) is 1.77. The molecule has 3 nitrogen and oxygen atoms in total. The number of aromatic nitrogens is 1. The zero-order valence-corrected chi connectivity index (χ0v) is 12.0. The molecule has 1 aliphatic rings. The number of hydrogen-bond acceptors (Lipinski definition) is 2. The standard InChI is InChI=1S/C16H17ClN2O/c17-15(16(20)19-9-2-1-3-10-19)13-6-7-14-12(11-13)5-4-8-18-14/h4-8,11,15H,1-3,9-10H2. The first-order chi connectivity index (χ1) is 9.75. The maximum absolute atomic E-state index is 12.4. The number of likely N-dealkylation sites (tertiary alicyclic amines) is 1. The van der Waals surface area contributed by atoms with Crippen LogP contribution in [-0.4, -0.2) is 28.9 Å². The molecule has 2 aromatic rings. The number of halogens is 1. The molecule has 1 saturated heterocycles. The van der Waals surface area contributed by atoms with E-state index in [1.165, 1.54) is 6.42 Å². The molecule has 0 saturated carbocycles. The summed E-state index contributed by atoms with van der Waals surface area (Å²) in [5, 5.41) is 0.416. The van der Waals surface area contributed by atoms with Crippen LogP contribution >= 0.6 is 11.6 Å². The number of pyridine rings is 1. The topological polar surface area (TPSA) is 33.2 Å². The number of alkyl halides is 1. The number of fused-ring (bicyclic) bond motifs is 1. The van der Waals surface area contributed by atoms with Crippen LogP contribution in [0.25, 0.3) is 10.9 Å². The fourth-order valence-corrected chi connectivity index (χ4v) is 2.94. The molecule has 1 amide bonds. The van der Waals surface area contributed by atoms with Gasteiger partial charge in [-0.3, -0.25) is 9.78 Å². The Bertz CT molecular complexity index is 623. The maximum atomic E-state index is 12.4. The summed E-state index contributed by atoms with van der Waals surface area (Å²) < 4.78 is 0. The van der Waals surface area contributed by atoms with Crippen molar-refractivity contribution in [1.82, 2.24) is 9.88 Å². The van der Waals surface area contributed by atoms with Crippen LogP contribution < -0.4 is 0 Å². The van der Waals surface area contributed by atoms with Crippen molar-refractivity contribution in [3.63, 3.8) is 0 Å². The minimum Gasteiger partial charge on any atom is -0.341 e. The van der Waals surface area contributed by atoms with Crippen LogP contribution in [0.5, 0.6) is 0 Å². The fraction of sp³-hybridized carbons (Fsp3) is 0.375. The largest absolute Gasteiger partial charge is 0.341 e. The van der Waals surface area contributed by atoms with E-state index in [0.717, 1.165) is 42.4 Å². The second-order valence-corrected chi connectivity index (χ2v) is 5.64. The van der Waals surface area contributed by atoms with Gasteiger partial charge in [-0.25, -0.2) is 0 Å². The van der Waals surface area contributed by atoms with Crippen LogP contribution in [0.3, 0.4) is 0 Å². The van der Waals surface area contributed by atoms with Crippen molar-refractivity contribution in [2.75, 3.05) is 13.1 Å². The zero-order chi connectivity index (χ0) is 13.9. The van der Waals surface area contributed by atoms with Gasteiger partial charge in [-0.2, -0.15) is 0 Å². The number of piperidine rings is 1. The van der Waals surface area contributed by atoms with Gasteiger partial charge in [0.2, 0.25) is 5.91 Å². The third-order valence-corrected chi connectivity index (χ3v) is 4.24. The molecule has 1 aromatic carbocycles. The Morgan fingerprint density at radius 3 is 2.80 bits per heavy atom. The van der Waals surface area contributed by atoms with Gasteiger partial charge in [-0.15, -0.1) is 11.6 Å². The molecule has 0 radical (unpaired) electrons. The van der Waals surface area contributed by atoms with Crippen LogP contribution in [-0.2, 0) is 4.79 Å². The van der Waals surface area contributed by atoms with Crippen LogP contribution in [0.2, 0.25) is 0 Å². The van der Waals surface area contributed by atoms with Gasteiger partial charge in [-0.1, -0.05) is 12.1 Å². The number of amides is 1. The lowest BCUT2D eigenvalue weighted by Crippen LogP contribution is -2.37. The first kappa shape index (κ1) is 13.4. The van der Waals surface area contributed by atoms with Crippen molar-refractivity contribution in [1.29, 1.82) is 0 Å². The van der Waals surface area contributed by atoms with Gasteiger partial charge in [0, 0.05) is 24.7 Å². The fourth-order valence-electron chi connectivity index (χ4n) is 2.67. The molecule has 2 heterocycles. The third-order valence-electron chi connectivity index (χ3n) is 3.80. The van der Waals surface area contributed by atoms with E-state index < -0.39 is 5.38 Å². The van der Waals surface area contributed by atoms with Crippen LogP contribution in [0, 0.1) is 0 Å². The molecule has 0 spiro atoms. The number of hydrogen-bond donors (Lipinski definition) is 0. The van der Waals surface area contributed by atoms with E-state index in [-0.39, 0.29) is 5.91 Å². The summed E-state index contributed by atoms with van der Waals surface area (Å²) in [4.78, 5) is 18.6. The molecule has 4 heteroatoms. The van der Waals surface area contributed by atoms with E-state index in [1.807, 2.05) is 35.2 Å². The minimum atomic E-state index is -0.599. The Morgan fingerprint density at radius 2 is 2.00 bits per heavy atom. The molecular weight excluding hydrogens is 272 g/mol. The molecular formula is C16H17ClN2O. The summed E-state index contributed by atoms with van der Waals surface area (Å²) in [6.07, 6.45) is 5.13. The molecule has 3 rings (SSSR count). The molecule has 104 valence electrons. The molecule has 1 aliphatic heterocycles. The predicted octanol–water partition coefficient (Wildman–Crippen LogP) is 3.53. The zero-order valence-electron chi connectivity index (χ0n) is 11.3. The number of carbonyl (C=O) groups excluding carboxylic acids is 1. The van der Waals surface area contributed by atoms with Gasteiger partial charge >= 0.3 is 0 Å². The Balaban J connectivity index is 1.83. The van der Waals surface area contributed by atoms with Gasteiger partial charge in [0.05, 0.1) is 5.52 Å². The van der Waals surface area contributed by atoms with Gasteiger partial charge in [0.1, 0.15) is 5.38 Å². The smallest absolute Gasteiger partial charge is 0.245 e. The van der Waals surface area contributed by atoms with E-state index in [4.69, 9.17) is 11.6 Å². The summed E-state index contributed by atoms with van der Waals surface area (Å²) in [6.45, 7) is 1.66. The number of benzene rings is 1. The quantitative estimate of drug-likeness (QED) is 0.792. The summed E-state index contributed by atoms with van der Waals surface area (Å²) in [6, 6.07) is 9.66. The van der Waals surface area contributed by atoms with Crippen molar-refractivity contribution >= 4 is 28.4 Å². The normalized spacial score (nSPS) is 17.1.